The lowest BCUT2D eigenvalue weighted by Gasteiger charge is -2.34. The molecule has 120 valence electrons. The van der Waals surface area contributed by atoms with Crippen LogP contribution in [0.1, 0.15) is 5.56 Å². The second kappa shape index (κ2) is 6.95. The maximum atomic E-state index is 12.4. The monoisotopic (exact) mass is 376 g/mol. The fourth-order valence-electron chi connectivity index (χ4n) is 2.56. The number of aromatic hydroxyl groups is 1. The summed E-state index contributed by atoms with van der Waals surface area (Å²) in [4.78, 5) is 24.8. The van der Waals surface area contributed by atoms with E-state index in [0.29, 0.717) is 37.7 Å². The first-order valence-corrected chi connectivity index (χ1v) is 8.20. The van der Waals surface area contributed by atoms with Crippen LogP contribution in [-0.4, -0.2) is 52.1 Å². The number of nitrogens with zero attached hydrogens (tertiary/aromatic N) is 4. The number of carbonyl (C=O) groups is 1. The normalized spacial score (nSPS) is 14.8. The van der Waals surface area contributed by atoms with Gasteiger partial charge in [0.1, 0.15) is 5.75 Å². The number of rotatable bonds is 3. The van der Waals surface area contributed by atoms with Crippen molar-refractivity contribution in [3.63, 3.8) is 0 Å². The van der Waals surface area contributed by atoms with E-state index in [-0.39, 0.29) is 18.1 Å². The minimum atomic E-state index is 0.0304. The van der Waals surface area contributed by atoms with Crippen molar-refractivity contribution in [2.45, 2.75) is 6.42 Å². The van der Waals surface area contributed by atoms with E-state index in [1.54, 1.807) is 30.6 Å². The fraction of sp³-hybridized carbons (Fsp3) is 0.312. The molecule has 3 rings (SSSR count). The van der Waals surface area contributed by atoms with Gasteiger partial charge in [0.25, 0.3) is 0 Å². The van der Waals surface area contributed by atoms with Crippen molar-refractivity contribution in [3.05, 3.63) is 46.7 Å². The number of amides is 1. The van der Waals surface area contributed by atoms with E-state index >= 15 is 0 Å². The van der Waals surface area contributed by atoms with Gasteiger partial charge in [-0.25, -0.2) is 9.97 Å². The molecule has 0 radical (unpaired) electrons. The number of hydrogen-bond donors (Lipinski definition) is 1. The molecule has 1 amide bonds. The largest absolute Gasteiger partial charge is 0.508 e. The quantitative estimate of drug-likeness (QED) is 0.884. The van der Waals surface area contributed by atoms with Crippen LogP contribution in [0.15, 0.2) is 41.1 Å². The number of phenolic OH excluding ortho intramolecular Hbond substituents is 1. The van der Waals surface area contributed by atoms with E-state index in [0.717, 1.165) is 4.47 Å². The molecular formula is C16H17BrN4O2. The summed E-state index contributed by atoms with van der Waals surface area (Å²) in [6.45, 7) is 2.67. The number of halogens is 1. The fourth-order valence-corrected chi connectivity index (χ4v) is 2.76. The lowest BCUT2D eigenvalue weighted by Crippen LogP contribution is -2.49. The van der Waals surface area contributed by atoms with E-state index < -0.39 is 0 Å². The van der Waals surface area contributed by atoms with Gasteiger partial charge in [0.15, 0.2) is 0 Å². The molecule has 0 bridgehead atoms. The Morgan fingerprint density at radius 2 is 1.78 bits per heavy atom. The Morgan fingerprint density at radius 1 is 1.13 bits per heavy atom. The smallest absolute Gasteiger partial charge is 0.227 e. The van der Waals surface area contributed by atoms with E-state index in [4.69, 9.17) is 0 Å². The molecule has 1 aliphatic heterocycles. The summed E-state index contributed by atoms with van der Waals surface area (Å²) in [7, 11) is 0. The number of phenols is 1. The minimum absolute atomic E-state index is 0.0304. The van der Waals surface area contributed by atoms with Crippen molar-refractivity contribution < 1.29 is 9.90 Å². The molecule has 7 heteroatoms. The minimum Gasteiger partial charge on any atom is -0.508 e. The van der Waals surface area contributed by atoms with Crippen LogP contribution >= 0.6 is 15.9 Å². The third-order valence-electron chi connectivity index (χ3n) is 3.86. The molecule has 1 saturated heterocycles. The summed E-state index contributed by atoms with van der Waals surface area (Å²) in [5, 5.41) is 9.77. The highest BCUT2D eigenvalue weighted by molar-refractivity contribution is 9.10. The van der Waals surface area contributed by atoms with Gasteiger partial charge < -0.3 is 14.9 Å². The lowest BCUT2D eigenvalue weighted by molar-refractivity contribution is -0.130. The molecule has 1 aromatic carbocycles. The van der Waals surface area contributed by atoms with Gasteiger partial charge in [0.2, 0.25) is 11.9 Å². The highest BCUT2D eigenvalue weighted by Gasteiger charge is 2.23. The molecule has 0 atom stereocenters. The Balaban J connectivity index is 1.57. The molecule has 0 saturated carbocycles. The van der Waals surface area contributed by atoms with Crippen LogP contribution in [0.4, 0.5) is 5.95 Å². The molecule has 1 fully saturated rings. The van der Waals surface area contributed by atoms with Gasteiger partial charge in [-0.05, 0) is 22.0 Å². The molecule has 2 aromatic rings. The number of anilines is 1. The summed E-state index contributed by atoms with van der Waals surface area (Å²) >= 11 is 3.32. The van der Waals surface area contributed by atoms with Gasteiger partial charge >= 0.3 is 0 Å². The Bertz CT molecular complexity index is 685. The average molecular weight is 377 g/mol. The molecule has 6 nitrogen and oxygen atoms in total. The van der Waals surface area contributed by atoms with Crippen molar-refractivity contribution in [1.82, 2.24) is 14.9 Å². The van der Waals surface area contributed by atoms with E-state index in [1.165, 1.54) is 0 Å². The van der Waals surface area contributed by atoms with Crippen LogP contribution < -0.4 is 4.90 Å². The van der Waals surface area contributed by atoms with Gasteiger partial charge in [-0.15, -0.1) is 0 Å². The van der Waals surface area contributed by atoms with Gasteiger partial charge in [0.05, 0.1) is 10.9 Å². The van der Waals surface area contributed by atoms with Crippen LogP contribution in [0, 0.1) is 0 Å². The Kier molecular flexibility index (Phi) is 4.76. The van der Waals surface area contributed by atoms with Crippen LogP contribution in [0.2, 0.25) is 0 Å². The SMILES string of the molecule is O=C(Cc1ccccc1O)N1CCN(c2ncc(Br)cn2)CC1. The number of aromatic nitrogens is 2. The van der Waals surface area contributed by atoms with E-state index in [2.05, 4.69) is 30.8 Å². The van der Waals surface area contributed by atoms with Crippen LogP contribution in [-0.2, 0) is 11.2 Å². The number of para-hydroxylation sites is 1. The maximum absolute atomic E-state index is 12.4. The van der Waals surface area contributed by atoms with Crippen LogP contribution in [0.25, 0.3) is 0 Å². The van der Waals surface area contributed by atoms with Crippen molar-refractivity contribution in [2.24, 2.45) is 0 Å². The number of carbonyl (C=O) groups excluding carboxylic acids is 1. The summed E-state index contributed by atoms with van der Waals surface area (Å²) in [5.41, 5.74) is 0.663. The number of hydrogen-bond acceptors (Lipinski definition) is 5. The first-order valence-electron chi connectivity index (χ1n) is 7.40. The molecule has 1 aromatic heterocycles. The van der Waals surface area contributed by atoms with E-state index in [9.17, 15) is 9.90 Å². The van der Waals surface area contributed by atoms with Gasteiger partial charge in [-0.2, -0.15) is 0 Å². The Hall–Kier alpha value is -2.15. The standard InChI is InChI=1S/C16H17BrN4O2/c17-13-10-18-16(19-11-13)21-7-5-20(6-8-21)15(23)9-12-3-1-2-4-14(12)22/h1-4,10-11,22H,5-9H2. The Morgan fingerprint density at radius 3 is 2.43 bits per heavy atom. The predicted octanol–water partition coefficient (Wildman–Crippen LogP) is 1.84. The first-order chi connectivity index (χ1) is 11.1. The molecule has 0 aliphatic carbocycles. The summed E-state index contributed by atoms with van der Waals surface area (Å²) < 4.78 is 0.845. The molecular weight excluding hydrogens is 360 g/mol. The molecule has 23 heavy (non-hydrogen) atoms. The molecule has 0 spiro atoms. The summed E-state index contributed by atoms with van der Waals surface area (Å²) in [6, 6.07) is 6.95. The van der Waals surface area contributed by atoms with Crippen LogP contribution in [0.3, 0.4) is 0 Å². The van der Waals surface area contributed by atoms with Crippen molar-refractivity contribution in [2.75, 3.05) is 31.1 Å². The number of piperazine rings is 1. The van der Waals surface area contributed by atoms with Crippen molar-refractivity contribution in [3.8, 4) is 5.75 Å². The van der Waals surface area contributed by atoms with Crippen molar-refractivity contribution in [1.29, 1.82) is 0 Å². The zero-order chi connectivity index (χ0) is 16.2. The topological polar surface area (TPSA) is 69.6 Å². The van der Waals surface area contributed by atoms with Crippen LogP contribution in [0.5, 0.6) is 5.75 Å². The summed E-state index contributed by atoms with van der Waals surface area (Å²) in [6.07, 6.45) is 3.66. The third-order valence-corrected chi connectivity index (χ3v) is 4.26. The molecule has 1 N–H and O–H groups in total. The van der Waals surface area contributed by atoms with Gasteiger partial charge in [-0.1, -0.05) is 18.2 Å². The molecule has 2 heterocycles. The highest BCUT2D eigenvalue weighted by Crippen LogP contribution is 2.18. The zero-order valence-electron chi connectivity index (χ0n) is 12.5. The average Bonchev–Trinajstić information content (AvgIpc) is 2.58. The highest BCUT2D eigenvalue weighted by atomic mass is 79.9. The van der Waals surface area contributed by atoms with Crippen molar-refractivity contribution >= 4 is 27.8 Å². The Labute approximate surface area is 142 Å². The third kappa shape index (κ3) is 3.79. The zero-order valence-corrected chi connectivity index (χ0v) is 14.1. The van der Waals surface area contributed by atoms with Gasteiger partial charge in [-0.3, -0.25) is 4.79 Å². The first kappa shape index (κ1) is 15.7. The van der Waals surface area contributed by atoms with Gasteiger partial charge in [0, 0.05) is 44.1 Å². The summed E-state index contributed by atoms with van der Waals surface area (Å²) in [5.74, 6) is 0.881. The maximum Gasteiger partial charge on any atom is 0.227 e. The molecule has 1 aliphatic rings. The second-order valence-electron chi connectivity index (χ2n) is 5.37. The van der Waals surface area contributed by atoms with E-state index in [1.807, 2.05) is 11.0 Å². The lowest BCUT2D eigenvalue weighted by atomic mass is 10.1. The molecule has 0 unspecified atom stereocenters. The second-order valence-corrected chi connectivity index (χ2v) is 6.29. The predicted molar refractivity (Wildman–Crippen MR) is 90.3 cm³/mol. The number of benzene rings is 1.